The quantitative estimate of drug-likeness (QED) is 0.746. The topological polar surface area (TPSA) is 86.7 Å². The number of amides is 2. The van der Waals surface area contributed by atoms with Crippen molar-refractivity contribution in [2.75, 3.05) is 13.1 Å². The molecule has 6 nitrogen and oxygen atoms in total. The van der Waals surface area contributed by atoms with Crippen molar-refractivity contribution in [1.29, 1.82) is 0 Å². The second-order valence-corrected chi connectivity index (χ2v) is 6.93. The number of carboxylic acids is 1. The van der Waals surface area contributed by atoms with E-state index in [0.29, 0.717) is 19.3 Å². The first-order valence-electron chi connectivity index (χ1n) is 7.39. The van der Waals surface area contributed by atoms with Gasteiger partial charge in [0.2, 0.25) is 17.5 Å². The van der Waals surface area contributed by atoms with E-state index >= 15 is 0 Å². The van der Waals surface area contributed by atoms with Gasteiger partial charge in [-0.2, -0.15) is 0 Å². The lowest BCUT2D eigenvalue weighted by atomic mass is 9.61. The molecular weight excluding hydrogens is 279 g/mol. The fourth-order valence-electron chi connectivity index (χ4n) is 4.28. The van der Waals surface area contributed by atoms with Gasteiger partial charge in [-0.25, -0.2) is 9.18 Å². The van der Waals surface area contributed by atoms with E-state index in [1.54, 1.807) is 0 Å². The number of halogens is 1. The summed E-state index contributed by atoms with van der Waals surface area (Å²) in [4.78, 5) is 36.7. The van der Waals surface area contributed by atoms with Crippen LogP contribution in [0.3, 0.4) is 0 Å². The van der Waals surface area contributed by atoms with Crippen molar-refractivity contribution >= 4 is 17.8 Å². The number of rotatable bonds is 2. The zero-order valence-electron chi connectivity index (χ0n) is 11.5. The lowest BCUT2D eigenvalue weighted by Gasteiger charge is -2.43. The molecule has 7 heteroatoms. The van der Waals surface area contributed by atoms with Gasteiger partial charge in [-0.1, -0.05) is 6.42 Å². The summed E-state index contributed by atoms with van der Waals surface area (Å²) in [5.41, 5.74) is -3.29. The van der Waals surface area contributed by atoms with Crippen molar-refractivity contribution < 1.29 is 23.9 Å². The largest absolute Gasteiger partial charge is 0.479 e. The van der Waals surface area contributed by atoms with Crippen LogP contribution in [0, 0.1) is 17.3 Å². The van der Waals surface area contributed by atoms with Crippen LogP contribution in [0.4, 0.5) is 4.39 Å². The molecule has 2 aliphatic heterocycles. The number of aliphatic carboxylic acids is 1. The van der Waals surface area contributed by atoms with Crippen LogP contribution in [0.15, 0.2) is 0 Å². The minimum absolute atomic E-state index is 0.0155. The SMILES string of the molecule is O=C1N[C@@H](C(=O)N2CC3(CCC3)C(F)(C(=O)O)C2)[C@H]2C[C@@H]12. The molecule has 1 spiro atoms. The van der Waals surface area contributed by atoms with Gasteiger partial charge in [0.25, 0.3) is 0 Å². The number of fused-ring (bicyclic) bond motifs is 1. The third-order valence-electron chi connectivity index (χ3n) is 5.87. The van der Waals surface area contributed by atoms with Crippen LogP contribution in [0.1, 0.15) is 25.7 Å². The Morgan fingerprint density at radius 2 is 2.05 bits per heavy atom. The highest BCUT2D eigenvalue weighted by atomic mass is 19.1. The number of alkyl halides is 1. The summed E-state index contributed by atoms with van der Waals surface area (Å²) in [6, 6.07) is -0.587. The maximum atomic E-state index is 14.9. The van der Waals surface area contributed by atoms with Crippen LogP contribution in [-0.2, 0) is 14.4 Å². The van der Waals surface area contributed by atoms with Gasteiger partial charge in [-0.15, -0.1) is 0 Å². The third-order valence-corrected chi connectivity index (χ3v) is 5.87. The maximum Gasteiger partial charge on any atom is 0.344 e. The van der Waals surface area contributed by atoms with Crippen LogP contribution in [0.2, 0.25) is 0 Å². The Hall–Kier alpha value is -1.66. The standard InChI is InChI=1S/C14H17FN2O4/c15-14(12(20)21)6-17(5-13(14)2-1-3-13)11(19)9-7-4-8(7)10(18)16-9/h7-9H,1-6H2,(H,16,18)(H,20,21)/t7-,8+,9+,14?/m0/s1. The van der Waals surface area contributed by atoms with Crippen LogP contribution in [0.5, 0.6) is 0 Å². The summed E-state index contributed by atoms with van der Waals surface area (Å²) < 4.78 is 14.9. The summed E-state index contributed by atoms with van der Waals surface area (Å²) in [5.74, 6) is -1.96. The first-order valence-corrected chi connectivity index (χ1v) is 7.39. The maximum absolute atomic E-state index is 14.9. The van der Waals surface area contributed by atoms with Gasteiger partial charge < -0.3 is 15.3 Å². The molecule has 2 saturated heterocycles. The summed E-state index contributed by atoms with van der Waals surface area (Å²) in [5, 5.41) is 11.9. The number of hydrogen-bond donors (Lipinski definition) is 2. The van der Waals surface area contributed by atoms with Gasteiger partial charge in [-0.3, -0.25) is 9.59 Å². The average Bonchev–Trinajstić information content (AvgIpc) is 3.01. The Labute approximate surface area is 120 Å². The molecule has 21 heavy (non-hydrogen) atoms. The van der Waals surface area contributed by atoms with Gasteiger partial charge in [0.1, 0.15) is 6.04 Å². The molecule has 0 bridgehead atoms. The van der Waals surface area contributed by atoms with Gasteiger partial charge in [-0.05, 0) is 19.3 Å². The van der Waals surface area contributed by atoms with E-state index < -0.39 is 29.6 Å². The number of carbonyl (C=O) groups is 3. The third kappa shape index (κ3) is 1.49. The van der Waals surface area contributed by atoms with E-state index in [9.17, 15) is 23.9 Å². The molecule has 114 valence electrons. The zero-order valence-corrected chi connectivity index (χ0v) is 11.5. The lowest BCUT2D eigenvalue weighted by Crippen LogP contribution is -2.53. The minimum atomic E-state index is -2.35. The van der Waals surface area contributed by atoms with Gasteiger partial charge in [0.15, 0.2) is 0 Å². The second-order valence-electron chi connectivity index (χ2n) is 6.93. The number of likely N-dealkylation sites (tertiary alicyclic amines) is 1. The van der Waals surface area contributed by atoms with E-state index in [4.69, 9.17) is 0 Å². The second kappa shape index (κ2) is 3.75. The predicted molar refractivity (Wildman–Crippen MR) is 67.9 cm³/mol. The Bertz CT molecular complexity index is 561. The smallest absolute Gasteiger partial charge is 0.344 e. The Kier molecular flexibility index (Phi) is 2.33. The minimum Gasteiger partial charge on any atom is -0.479 e. The van der Waals surface area contributed by atoms with E-state index in [2.05, 4.69) is 5.32 Å². The summed E-state index contributed by atoms with van der Waals surface area (Å²) >= 11 is 0. The predicted octanol–water partition coefficient (Wildman–Crippen LogP) is -0.0737. The monoisotopic (exact) mass is 296 g/mol. The normalized spacial score (nSPS) is 42.4. The molecule has 0 aromatic carbocycles. The number of carboxylic acid groups (broad SMARTS) is 1. The molecule has 0 aromatic heterocycles. The molecule has 4 atom stereocenters. The number of hydrogen-bond acceptors (Lipinski definition) is 3. The van der Waals surface area contributed by atoms with E-state index in [1.165, 1.54) is 4.90 Å². The van der Waals surface area contributed by atoms with Crippen molar-refractivity contribution in [3.05, 3.63) is 0 Å². The first kappa shape index (κ1) is 13.0. The molecule has 2 amide bonds. The van der Waals surface area contributed by atoms with E-state index in [1.807, 2.05) is 0 Å². The van der Waals surface area contributed by atoms with Gasteiger partial charge >= 0.3 is 5.97 Å². The van der Waals surface area contributed by atoms with Crippen molar-refractivity contribution in [3.63, 3.8) is 0 Å². The molecule has 0 radical (unpaired) electrons. The van der Waals surface area contributed by atoms with Crippen molar-refractivity contribution in [3.8, 4) is 0 Å². The molecule has 0 aromatic rings. The summed E-state index contributed by atoms with van der Waals surface area (Å²) in [6.45, 7) is -0.247. The van der Waals surface area contributed by atoms with Crippen molar-refractivity contribution in [1.82, 2.24) is 10.2 Å². The molecule has 2 heterocycles. The highest BCUT2D eigenvalue weighted by Gasteiger charge is 2.68. The number of carbonyl (C=O) groups excluding carboxylic acids is 2. The molecule has 2 saturated carbocycles. The van der Waals surface area contributed by atoms with E-state index in [-0.39, 0.29) is 30.2 Å². The zero-order chi connectivity index (χ0) is 15.0. The number of nitrogens with one attached hydrogen (secondary N) is 1. The molecule has 4 fully saturated rings. The first-order chi connectivity index (χ1) is 9.88. The highest BCUT2D eigenvalue weighted by Crippen LogP contribution is 2.56. The van der Waals surface area contributed by atoms with Crippen LogP contribution < -0.4 is 5.32 Å². The molecule has 2 aliphatic carbocycles. The van der Waals surface area contributed by atoms with Gasteiger partial charge in [0.05, 0.1) is 6.54 Å². The lowest BCUT2D eigenvalue weighted by molar-refractivity contribution is -0.162. The molecule has 2 N–H and O–H groups in total. The van der Waals surface area contributed by atoms with E-state index in [0.717, 1.165) is 6.42 Å². The molecule has 4 aliphatic rings. The van der Waals surface area contributed by atoms with Crippen LogP contribution >= 0.6 is 0 Å². The number of piperidine rings is 1. The fourth-order valence-corrected chi connectivity index (χ4v) is 4.28. The molecular formula is C14H17FN2O4. The van der Waals surface area contributed by atoms with Crippen LogP contribution in [0.25, 0.3) is 0 Å². The Morgan fingerprint density at radius 1 is 1.33 bits per heavy atom. The van der Waals surface area contributed by atoms with Gasteiger partial charge in [0, 0.05) is 23.8 Å². The summed E-state index contributed by atoms with van der Waals surface area (Å²) in [6.07, 6.45) is 2.51. The molecule has 1 unspecified atom stereocenters. The fraction of sp³-hybridized carbons (Fsp3) is 0.786. The number of nitrogens with zero attached hydrogens (tertiary/aromatic N) is 1. The van der Waals surface area contributed by atoms with Crippen molar-refractivity contribution in [2.45, 2.75) is 37.4 Å². The Morgan fingerprint density at radius 3 is 2.43 bits per heavy atom. The van der Waals surface area contributed by atoms with Crippen molar-refractivity contribution in [2.24, 2.45) is 17.3 Å². The Balaban J connectivity index is 1.56. The average molecular weight is 296 g/mol. The highest BCUT2D eigenvalue weighted by molar-refractivity contribution is 5.96. The summed E-state index contributed by atoms with van der Waals surface area (Å²) in [7, 11) is 0. The van der Waals surface area contributed by atoms with Crippen LogP contribution in [-0.4, -0.2) is 52.6 Å². The molecule has 4 rings (SSSR count).